The summed E-state index contributed by atoms with van der Waals surface area (Å²) in [5.41, 5.74) is 2.77. The van der Waals surface area contributed by atoms with Crippen LogP contribution in [0.3, 0.4) is 0 Å². The summed E-state index contributed by atoms with van der Waals surface area (Å²) < 4.78 is 153. The van der Waals surface area contributed by atoms with E-state index < -0.39 is 70.6 Å². The van der Waals surface area contributed by atoms with Gasteiger partial charge in [-0.2, -0.15) is 13.2 Å². The van der Waals surface area contributed by atoms with Crippen molar-refractivity contribution in [3.8, 4) is 34.5 Å². The van der Waals surface area contributed by atoms with Crippen LogP contribution in [0.4, 0.5) is 110 Å². The fourth-order valence-electron chi connectivity index (χ4n) is 11.5. The van der Waals surface area contributed by atoms with E-state index in [1.807, 2.05) is 0 Å². The highest BCUT2D eigenvalue weighted by Crippen LogP contribution is 2.36. The monoisotopic (exact) mass is 1550 g/mol. The third-order valence-corrected chi connectivity index (χ3v) is 17.3. The third kappa shape index (κ3) is 20.1. The van der Waals surface area contributed by atoms with Crippen LogP contribution in [-0.2, 0) is 6.18 Å². The minimum Gasteiger partial charge on any atom is -0.454 e. The van der Waals surface area contributed by atoms with E-state index in [0.717, 1.165) is 138 Å². The summed E-state index contributed by atoms with van der Waals surface area (Å²) in [6.07, 6.45) is 0.270. The van der Waals surface area contributed by atoms with Crippen LogP contribution in [0, 0.1) is 40.7 Å². The van der Waals surface area contributed by atoms with Gasteiger partial charge in [-0.1, -0.05) is 11.6 Å². The second kappa shape index (κ2) is 34.5. The van der Waals surface area contributed by atoms with Crippen molar-refractivity contribution < 1.29 is 72.5 Å². The van der Waals surface area contributed by atoms with E-state index in [-0.39, 0.29) is 50.7 Å². The number of ether oxygens (including phenoxy) is 3. The number of benzene rings is 9. The van der Waals surface area contributed by atoms with E-state index >= 15 is 0 Å². The largest absolute Gasteiger partial charge is 0.454 e. The molecule has 6 amide bonds. The van der Waals surface area contributed by atoms with E-state index in [1.54, 1.807) is 73.2 Å². The third-order valence-electron chi connectivity index (χ3n) is 17.0. The van der Waals surface area contributed by atoms with Gasteiger partial charge < -0.3 is 76.8 Å². The van der Waals surface area contributed by atoms with Crippen LogP contribution in [0.25, 0.3) is 33.1 Å². The number of piperazine rings is 3. The molecule has 12 aromatic rings. The van der Waals surface area contributed by atoms with Gasteiger partial charge in [-0.15, -0.1) is 0 Å². The van der Waals surface area contributed by atoms with Gasteiger partial charge in [0.15, 0.2) is 46.3 Å². The lowest BCUT2D eigenvalue weighted by molar-refractivity contribution is -0.139. The summed E-state index contributed by atoms with van der Waals surface area (Å²) in [6, 6.07) is 33.2. The van der Waals surface area contributed by atoms with Crippen LogP contribution < -0.4 is 76.8 Å². The maximum Gasteiger partial charge on any atom is 0.419 e. The van der Waals surface area contributed by atoms with Gasteiger partial charge in [-0.3, -0.25) is 15.0 Å². The summed E-state index contributed by atoms with van der Waals surface area (Å²) in [5, 5.41) is 24.0. The van der Waals surface area contributed by atoms with Crippen LogP contribution in [-0.4, -0.2) is 127 Å². The van der Waals surface area contributed by atoms with E-state index in [1.165, 1.54) is 54.6 Å². The van der Waals surface area contributed by atoms with Gasteiger partial charge in [-0.25, -0.2) is 60.1 Å². The van der Waals surface area contributed by atoms with Crippen LogP contribution in [0.5, 0.6) is 34.5 Å². The second-order valence-electron chi connectivity index (χ2n) is 24.8. The van der Waals surface area contributed by atoms with Gasteiger partial charge >= 0.3 is 24.3 Å². The standard InChI is InChI=1S/C26H21F5N6O2.C25H21ClF2N6O2.C25H21F3N6O2/c27-19-4-1-15(11-18(19)26(29,30)31)34-25(38)35-16-2-6-23(20(28)12-16)39-17-3-5-21-22(13-17)36-24(14-33-21)37-9-7-32-8-10-37;26-18-11-15(1-4-19(18)27)31-25(35)32-16-2-6-23(20(28)12-16)36-17-3-5-21-22(13-17)33-24(14-30-21)34-9-7-29-8-10-34;26-18-4-1-15(11-19(18)27)31-25(35)32-16-2-6-23(20(28)12-16)36-17-3-5-21-22(13-17)33-24(14-30-21)34-9-7-29-8-10-34/h1-6,11-14,32H,7-10H2,(H2,34,35,38);2*1-6,11-14,29H,7-10H2,(H2,31,32,35). The van der Waals surface area contributed by atoms with E-state index in [0.29, 0.717) is 68.2 Å². The maximum absolute atomic E-state index is 14.8. The van der Waals surface area contributed by atoms with Crippen molar-refractivity contribution >= 4 is 114 Å². The average molecular weight is 1550 g/mol. The van der Waals surface area contributed by atoms with Gasteiger partial charge in [0.2, 0.25) is 0 Å². The molecule has 0 saturated carbocycles. The Kier molecular flexibility index (Phi) is 23.7. The summed E-state index contributed by atoms with van der Waals surface area (Å²) in [6.45, 7) is 10.2. The van der Waals surface area contributed by atoms with Gasteiger partial charge in [0, 0.05) is 155 Å². The molecule has 3 aliphatic heterocycles. The first kappa shape index (κ1) is 76.3. The molecular formula is C76H63ClF10N18O6. The molecule has 3 saturated heterocycles. The van der Waals surface area contributed by atoms with Crippen LogP contribution in [0.15, 0.2) is 182 Å². The highest BCUT2D eigenvalue weighted by Gasteiger charge is 2.34. The number of hydrogen-bond acceptors (Lipinski definition) is 18. The molecule has 24 nitrogen and oxygen atoms in total. The lowest BCUT2D eigenvalue weighted by Crippen LogP contribution is -2.43. The van der Waals surface area contributed by atoms with Gasteiger partial charge in [0.25, 0.3) is 0 Å². The zero-order valence-corrected chi connectivity index (χ0v) is 58.7. The molecule has 0 radical (unpaired) electrons. The van der Waals surface area contributed by atoms with Crippen LogP contribution in [0.1, 0.15) is 5.56 Å². The number of carbonyl (C=O) groups excluding carboxylic acids is 3. The molecule has 0 bridgehead atoms. The number of hydrogen-bond donors (Lipinski definition) is 9. The lowest BCUT2D eigenvalue weighted by Gasteiger charge is -2.28. The summed E-state index contributed by atoms with van der Waals surface area (Å²) in [4.78, 5) is 70.3. The maximum atomic E-state index is 14.8. The zero-order chi connectivity index (χ0) is 77.7. The number of fused-ring (bicyclic) bond motifs is 3. The lowest BCUT2D eigenvalue weighted by atomic mass is 10.2. The van der Waals surface area contributed by atoms with Crippen molar-refractivity contribution in [2.75, 3.05) is 125 Å². The second-order valence-corrected chi connectivity index (χ2v) is 25.2. The average Bonchev–Trinajstić information content (AvgIpc) is 0.807. The molecule has 111 heavy (non-hydrogen) atoms. The first-order chi connectivity index (χ1) is 53.5. The summed E-state index contributed by atoms with van der Waals surface area (Å²) >= 11 is 5.72. The SMILES string of the molecule is O=C(Nc1ccc(F)c(F)c1)Nc1ccc(Oc2ccc3ncc(N4CCNCC4)nc3c2)c(F)c1.O=C(Nc1ccc(Oc2ccc3ncc(N4CCNCC4)nc3c2)c(F)c1)Nc1ccc(F)c(C(F)(F)F)c1.O=C(Nc1ccc(Oc2ccc3ncc(N4CCNCC4)nc3c2)c(F)c1)Nc1ccc(F)c(Cl)c1. The minimum absolute atomic E-state index is 0.0144. The molecule has 0 unspecified atom stereocenters. The Hall–Kier alpha value is -12.9. The number of urea groups is 3. The molecule has 3 fully saturated rings. The Bertz CT molecular complexity index is 5220. The molecular weight excluding hydrogens is 1490 g/mol. The van der Waals surface area contributed by atoms with Crippen molar-refractivity contribution in [3.63, 3.8) is 0 Å². The first-order valence-corrected chi connectivity index (χ1v) is 34.5. The van der Waals surface area contributed by atoms with E-state index in [2.05, 4.69) is 87.5 Å². The predicted octanol–water partition coefficient (Wildman–Crippen LogP) is 16.1. The number of alkyl halides is 3. The van der Waals surface area contributed by atoms with Crippen molar-refractivity contribution in [1.82, 2.24) is 45.9 Å². The first-order valence-electron chi connectivity index (χ1n) is 34.2. The molecule has 0 atom stereocenters. The molecule has 570 valence electrons. The van der Waals surface area contributed by atoms with Crippen LogP contribution in [0.2, 0.25) is 5.02 Å². The number of amides is 6. The molecule has 3 aromatic heterocycles. The normalized spacial score (nSPS) is 13.6. The Morgan fingerprint density at radius 1 is 0.342 bits per heavy atom. The highest BCUT2D eigenvalue weighted by molar-refractivity contribution is 6.31. The molecule has 9 aromatic carbocycles. The minimum atomic E-state index is -4.93. The number of nitrogens with one attached hydrogen (secondary N) is 9. The number of anilines is 9. The van der Waals surface area contributed by atoms with E-state index in [4.69, 9.17) is 30.8 Å². The van der Waals surface area contributed by atoms with Crippen molar-refractivity contribution in [2.24, 2.45) is 0 Å². The fourth-order valence-corrected chi connectivity index (χ4v) is 11.7. The highest BCUT2D eigenvalue weighted by atomic mass is 35.5. The number of carbonyl (C=O) groups is 3. The molecule has 6 heterocycles. The van der Waals surface area contributed by atoms with Crippen molar-refractivity contribution in [3.05, 3.63) is 234 Å². The quantitative estimate of drug-likeness (QED) is 0.0432. The van der Waals surface area contributed by atoms with E-state index in [9.17, 15) is 58.3 Å². The van der Waals surface area contributed by atoms with Crippen molar-refractivity contribution in [2.45, 2.75) is 6.18 Å². The van der Waals surface area contributed by atoms with Gasteiger partial charge in [0.05, 0.1) is 62.3 Å². The molecule has 35 heteroatoms. The number of rotatable bonds is 15. The Morgan fingerprint density at radius 3 is 0.955 bits per heavy atom. The molecule has 3 aliphatic rings. The van der Waals surface area contributed by atoms with Crippen molar-refractivity contribution in [1.29, 1.82) is 0 Å². The Morgan fingerprint density at radius 2 is 0.640 bits per heavy atom. The van der Waals surface area contributed by atoms with Crippen LogP contribution >= 0.6 is 11.6 Å². The Labute approximate surface area is 629 Å². The summed E-state index contributed by atoms with van der Waals surface area (Å²) in [5.74, 6) is -3.17. The topological polar surface area (TPSA) is 274 Å². The molecule has 15 rings (SSSR count). The Balaban J connectivity index is 0.000000146. The van der Waals surface area contributed by atoms with Gasteiger partial charge in [-0.05, 0) is 121 Å². The number of halogens is 11. The number of nitrogens with zero attached hydrogens (tertiary/aromatic N) is 9. The molecule has 0 aliphatic carbocycles. The smallest absolute Gasteiger partial charge is 0.419 e. The summed E-state index contributed by atoms with van der Waals surface area (Å²) in [7, 11) is 0. The fraction of sp³-hybridized carbons (Fsp3) is 0.171. The molecule has 9 N–H and O–H groups in total. The zero-order valence-electron chi connectivity index (χ0n) is 57.9. The molecule has 0 spiro atoms. The van der Waals surface area contributed by atoms with Gasteiger partial charge in [0.1, 0.15) is 46.3 Å². The predicted molar refractivity (Wildman–Crippen MR) is 400 cm³/mol. The number of aromatic nitrogens is 6.